The highest BCUT2D eigenvalue weighted by molar-refractivity contribution is 5.97. The number of benzene rings is 1. The first-order valence-electron chi connectivity index (χ1n) is 8.19. The molecule has 1 aromatic rings. The molecule has 2 heterocycles. The smallest absolute Gasteiger partial charge is 0.248 e. The number of amides is 1. The maximum absolute atomic E-state index is 12.5. The first-order chi connectivity index (χ1) is 10.8. The van der Waals surface area contributed by atoms with Crippen molar-refractivity contribution in [3.8, 4) is 0 Å². The SMILES string of the molecule is NC(=NCC(=O)N1CCCc2ccccc21)N1CCCCC1. The fourth-order valence-corrected chi connectivity index (χ4v) is 3.25. The molecule has 2 aliphatic heterocycles. The Kier molecular flexibility index (Phi) is 4.61. The van der Waals surface area contributed by atoms with Crippen LogP contribution in [-0.2, 0) is 11.2 Å². The third kappa shape index (κ3) is 3.24. The lowest BCUT2D eigenvalue weighted by atomic mass is 10.0. The molecular formula is C17H24N4O. The summed E-state index contributed by atoms with van der Waals surface area (Å²) in [6, 6.07) is 8.12. The first kappa shape index (κ1) is 14.9. The van der Waals surface area contributed by atoms with Crippen molar-refractivity contribution in [2.75, 3.05) is 31.1 Å². The molecule has 5 nitrogen and oxygen atoms in total. The Labute approximate surface area is 131 Å². The van der Waals surface area contributed by atoms with Crippen LogP contribution in [0.25, 0.3) is 0 Å². The van der Waals surface area contributed by atoms with Crippen LogP contribution in [0.1, 0.15) is 31.2 Å². The molecule has 0 radical (unpaired) electrons. The van der Waals surface area contributed by atoms with Gasteiger partial charge in [-0.3, -0.25) is 4.79 Å². The van der Waals surface area contributed by atoms with Crippen LogP contribution in [0.5, 0.6) is 0 Å². The Bertz CT molecular complexity index is 564. The monoisotopic (exact) mass is 300 g/mol. The molecule has 1 amide bonds. The maximum atomic E-state index is 12.5. The van der Waals surface area contributed by atoms with Crippen LogP contribution in [0.15, 0.2) is 29.3 Å². The van der Waals surface area contributed by atoms with E-state index >= 15 is 0 Å². The highest BCUT2D eigenvalue weighted by Gasteiger charge is 2.22. The van der Waals surface area contributed by atoms with E-state index in [1.54, 1.807) is 0 Å². The van der Waals surface area contributed by atoms with Gasteiger partial charge in [0.2, 0.25) is 5.91 Å². The molecule has 2 N–H and O–H groups in total. The Morgan fingerprint density at radius 1 is 1.09 bits per heavy atom. The van der Waals surface area contributed by atoms with E-state index in [1.807, 2.05) is 23.1 Å². The normalized spacial score (nSPS) is 19.0. The second-order valence-electron chi connectivity index (χ2n) is 6.00. The molecule has 3 rings (SSSR count). The number of likely N-dealkylation sites (tertiary alicyclic amines) is 1. The number of rotatable bonds is 2. The predicted molar refractivity (Wildman–Crippen MR) is 89.0 cm³/mol. The van der Waals surface area contributed by atoms with E-state index in [2.05, 4.69) is 16.0 Å². The van der Waals surface area contributed by atoms with E-state index in [-0.39, 0.29) is 12.5 Å². The molecule has 1 fully saturated rings. The molecule has 0 unspecified atom stereocenters. The van der Waals surface area contributed by atoms with Gasteiger partial charge in [0.15, 0.2) is 5.96 Å². The summed E-state index contributed by atoms with van der Waals surface area (Å²) in [6.07, 6.45) is 5.62. The average molecular weight is 300 g/mol. The summed E-state index contributed by atoms with van der Waals surface area (Å²) < 4.78 is 0. The lowest BCUT2D eigenvalue weighted by molar-refractivity contribution is -0.117. The van der Waals surface area contributed by atoms with Gasteiger partial charge < -0.3 is 15.5 Å². The van der Waals surface area contributed by atoms with Crippen molar-refractivity contribution in [2.45, 2.75) is 32.1 Å². The first-order valence-corrected chi connectivity index (χ1v) is 8.19. The van der Waals surface area contributed by atoms with Crippen LogP contribution in [-0.4, -0.2) is 42.9 Å². The number of fused-ring (bicyclic) bond motifs is 1. The summed E-state index contributed by atoms with van der Waals surface area (Å²) in [5.74, 6) is 0.547. The Balaban J connectivity index is 1.65. The summed E-state index contributed by atoms with van der Waals surface area (Å²) in [6.45, 7) is 2.82. The van der Waals surface area contributed by atoms with Gasteiger partial charge in [-0.05, 0) is 43.7 Å². The molecule has 0 saturated carbocycles. The third-order valence-electron chi connectivity index (χ3n) is 4.47. The average Bonchev–Trinajstić information content (AvgIpc) is 2.59. The molecule has 1 aromatic carbocycles. The van der Waals surface area contributed by atoms with E-state index in [9.17, 15) is 4.79 Å². The van der Waals surface area contributed by atoms with Gasteiger partial charge in [0, 0.05) is 25.3 Å². The van der Waals surface area contributed by atoms with Crippen molar-refractivity contribution in [2.24, 2.45) is 10.7 Å². The third-order valence-corrected chi connectivity index (χ3v) is 4.47. The highest BCUT2D eigenvalue weighted by Crippen LogP contribution is 2.26. The number of aliphatic imine (C=N–C) groups is 1. The zero-order valence-electron chi connectivity index (χ0n) is 13.0. The highest BCUT2D eigenvalue weighted by atomic mass is 16.2. The number of hydrogen-bond donors (Lipinski definition) is 1. The topological polar surface area (TPSA) is 61.9 Å². The second kappa shape index (κ2) is 6.81. The fraction of sp³-hybridized carbons (Fsp3) is 0.529. The standard InChI is InChI=1S/C17H24N4O/c18-17(20-10-4-1-5-11-20)19-13-16(22)21-12-6-8-14-7-2-3-9-15(14)21/h2-3,7,9H,1,4-6,8,10-13H2,(H2,18,19). The number of nitrogens with two attached hydrogens (primary N) is 1. The van der Waals surface area contributed by atoms with Crippen LogP contribution in [0.4, 0.5) is 5.69 Å². The summed E-state index contributed by atoms with van der Waals surface area (Å²) in [5, 5.41) is 0. The number of aryl methyl sites for hydroxylation is 1. The lowest BCUT2D eigenvalue weighted by Gasteiger charge is -2.30. The minimum atomic E-state index is 0.0344. The molecule has 1 saturated heterocycles. The van der Waals surface area contributed by atoms with E-state index in [0.29, 0.717) is 5.96 Å². The van der Waals surface area contributed by atoms with Gasteiger partial charge >= 0.3 is 0 Å². The number of piperidine rings is 1. The van der Waals surface area contributed by atoms with E-state index in [1.165, 1.54) is 12.0 Å². The minimum Gasteiger partial charge on any atom is -0.370 e. The number of para-hydroxylation sites is 1. The number of nitrogens with zero attached hydrogens (tertiary/aromatic N) is 3. The molecule has 5 heteroatoms. The number of carbonyl (C=O) groups excluding carboxylic acids is 1. The summed E-state index contributed by atoms with van der Waals surface area (Å²) in [7, 11) is 0. The molecule has 0 aliphatic carbocycles. The van der Waals surface area contributed by atoms with Gasteiger partial charge in [-0.15, -0.1) is 0 Å². The van der Waals surface area contributed by atoms with Gasteiger partial charge in [-0.25, -0.2) is 4.99 Å². The molecule has 2 aliphatic rings. The molecule has 0 spiro atoms. The summed E-state index contributed by atoms with van der Waals surface area (Å²) >= 11 is 0. The van der Waals surface area contributed by atoms with Gasteiger partial charge in [0.25, 0.3) is 0 Å². The number of carbonyl (C=O) groups is 1. The van der Waals surface area contributed by atoms with Gasteiger partial charge in [0.05, 0.1) is 0 Å². The Hall–Kier alpha value is -2.04. The Morgan fingerprint density at radius 3 is 2.68 bits per heavy atom. The van der Waals surface area contributed by atoms with Crippen LogP contribution < -0.4 is 10.6 Å². The van der Waals surface area contributed by atoms with E-state index in [4.69, 9.17) is 5.73 Å². The van der Waals surface area contributed by atoms with Gasteiger partial charge in [-0.1, -0.05) is 18.2 Å². The van der Waals surface area contributed by atoms with Gasteiger partial charge in [0.1, 0.15) is 6.54 Å². The lowest BCUT2D eigenvalue weighted by Crippen LogP contribution is -2.42. The molecular weight excluding hydrogens is 276 g/mol. The summed E-state index contributed by atoms with van der Waals surface area (Å²) in [5.41, 5.74) is 8.30. The van der Waals surface area contributed by atoms with Crippen molar-refractivity contribution in [3.05, 3.63) is 29.8 Å². The van der Waals surface area contributed by atoms with Crippen LogP contribution >= 0.6 is 0 Å². The molecule has 118 valence electrons. The van der Waals surface area contributed by atoms with Crippen molar-refractivity contribution < 1.29 is 4.79 Å². The molecule has 0 bridgehead atoms. The van der Waals surface area contributed by atoms with Crippen LogP contribution in [0.2, 0.25) is 0 Å². The van der Waals surface area contributed by atoms with E-state index in [0.717, 1.165) is 51.0 Å². The number of hydrogen-bond acceptors (Lipinski definition) is 2. The predicted octanol–water partition coefficient (Wildman–Crippen LogP) is 1.77. The minimum absolute atomic E-state index is 0.0344. The van der Waals surface area contributed by atoms with Crippen LogP contribution in [0.3, 0.4) is 0 Å². The summed E-state index contributed by atoms with van der Waals surface area (Å²) in [4.78, 5) is 20.8. The van der Waals surface area contributed by atoms with Crippen molar-refractivity contribution in [1.29, 1.82) is 0 Å². The van der Waals surface area contributed by atoms with Gasteiger partial charge in [-0.2, -0.15) is 0 Å². The molecule has 0 aromatic heterocycles. The second-order valence-corrected chi connectivity index (χ2v) is 6.00. The molecule has 0 atom stereocenters. The van der Waals surface area contributed by atoms with Crippen molar-refractivity contribution >= 4 is 17.6 Å². The quantitative estimate of drug-likeness (QED) is 0.669. The number of anilines is 1. The van der Waals surface area contributed by atoms with Crippen LogP contribution in [0, 0.1) is 0 Å². The zero-order chi connectivity index (χ0) is 15.4. The van der Waals surface area contributed by atoms with Crippen molar-refractivity contribution in [3.63, 3.8) is 0 Å². The number of guanidine groups is 1. The maximum Gasteiger partial charge on any atom is 0.248 e. The zero-order valence-corrected chi connectivity index (χ0v) is 13.0. The van der Waals surface area contributed by atoms with E-state index < -0.39 is 0 Å². The van der Waals surface area contributed by atoms with Crippen molar-refractivity contribution in [1.82, 2.24) is 4.90 Å². The molecule has 22 heavy (non-hydrogen) atoms. The Morgan fingerprint density at radius 2 is 1.86 bits per heavy atom. The fourth-order valence-electron chi connectivity index (χ4n) is 3.25. The largest absolute Gasteiger partial charge is 0.370 e.